The minimum absolute atomic E-state index is 0.114. The number of benzene rings is 2. The smallest absolute Gasteiger partial charge is 0.255 e. The van der Waals surface area contributed by atoms with Crippen LogP contribution in [0.4, 0.5) is 5.69 Å². The first-order valence-corrected chi connectivity index (χ1v) is 5.84. The molecule has 0 aromatic heterocycles. The summed E-state index contributed by atoms with van der Waals surface area (Å²) in [7, 11) is 0. The van der Waals surface area contributed by atoms with Gasteiger partial charge in [0.25, 0.3) is 5.91 Å². The third-order valence-electron chi connectivity index (χ3n) is 2.38. The molecular formula is C14H12ClNO. The maximum atomic E-state index is 11.9. The van der Waals surface area contributed by atoms with Crippen LogP contribution in [0.15, 0.2) is 54.6 Å². The molecule has 0 atom stereocenters. The summed E-state index contributed by atoms with van der Waals surface area (Å²) in [6.07, 6.45) is 0. The van der Waals surface area contributed by atoms with Gasteiger partial charge in [-0.1, -0.05) is 30.3 Å². The zero-order valence-electron chi connectivity index (χ0n) is 9.19. The number of hydrogen-bond acceptors (Lipinski definition) is 1. The quantitative estimate of drug-likeness (QED) is 0.822. The molecule has 2 aromatic carbocycles. The van der Waals surface area contributed by atoms with Crippen molar-refractivity contribution in [3.8, 4) is 0 Å². The number of carbonyl (C=O) groups excluding carboxylic acids is 1. The van der Waals surface area contributed by atoms with Gasteiger partial charge in [-0.25, -0.2) is 0 Å². The van der Waals surface area contributed by atoms with E-state index in [4.69, 9.17) is 11.6 Å². The van der Waals surface area contributed by atoms with E-state index >= 15 is 0 Å². The summed E-state index contributed by atoms with van der Waals surface area (Å²) in [6, 6.07) is 16.6. The van der Waals surface area contributed by atoms with Crippen molar-refractivity contribution in [3.63, 3.8) is 0 Å². The molecule has 0 saturated carbocycles. The van der Waals surface area contributed by atoms with E-state index in [9.17, 15) is 4.79 Å². The maximum Gasteiger partial charge on any atom is 0.255 e. The lowest BCUT2D eigenvalue weighted by Crippen LogP contribution is -2.11. The Bertz CT molecular complexity index is 511. The Morgan fingerprint density at radius 1 is 1.06 bits per heavy atom. The minimum Gasteiger partial charge on any atom is -0.322 e. The Morgan fingerprint density at radius 3 is 2.53 bits per heavy atom. The number of amides is 1. The van der Waals surface area contributed by atoms with Crippen LogP contribution in [-0.2, 0) is 5.88 Å². The predicted octanol–water partition coefficient (Wildman–Crippen LogP) is 3.68. The molecule has 2 rings (SSSR count). The second-order valence-corrected chi connectivity index (χ2v) is 3.92. The van der Waals surface area contributed by atoms with Crippen molar-refractivity contribution in [1.82, 2.24) is 0 Å². The van der Waals surface area contributed by atoms with E-state index in [-0.39, 0.29) is 5.91 Å². The van der Waals surface area contributed by atoms with E-state index < -0.39 is 0 Å². The van der Waals surface area contributed by atoms with Crippen LogP contribution in [0.1, 0.15) is 15.9 Å². The fourth-order valence-corrected chi connectivity index (χ4v) is 1.69. The van der Waals surface area contributed by atoms with Crippen molar-refractivity contribution < 1.29 is 4.79 Å². The molecule has 0 heterocycles. The zero-order chi connectivity index (χ0) is 12.1. The van der Waals surface area contributed by atoms with Gasteiger partial charge in [-0.2, -0.15) is 0 Å². The third-order valence-corrected chi connectivity index (χ3v) is 2.68. The van der Waals surface area contributed by atoms with Crippen molar-refractivity contribution >= 4 is 23.2 Å². The van der Waals surface area contributed by atoms with Crippen LogP contribution in [0.25, 0.3) is 0 Å². The van der Waals surface area contributed by atoms with Gasteiger partial charge in [-0.15, -0.1) is 11.6 Å². The molecule has 17 heavy (non-hydrogen) atoms. The van der Waals surface area contributed by atoms with Gasteiger partial charge >= 0.3 is 0 Å². The van der Waals surface area contributed by atoms with E-state index in [0.717, 1.165) is 11.3 Å². The first-order chi connectivity index (χ1) is 8.29. The Balaban J connectivity index is 2.13. The van der Waals surface area contributed by atoms with Crippen LogP contribution in [-0.4, -0.2) is 5.91 Å². The second kappa shape index (κ2) is 5.51. The largest absolute Gasteiger partial charge is 0.322 e. The van der Waals surface area contributed by atoms with Crippen LogP contribution in [0, 0.1) is 0 Å². The van der Waals surface area contributed by atoms with Crippen LogP contribution in [0.5, 0.6) is 0 Å². The number of rotatable bonds is 3. The van der Waals surface area contributed by atoms with Crippen LogP contribution in [0.2, 0.25) is 0 Å². The molecular weight excluding hydrogens is 234 g/mol. The predicted molar refractivity (Wildman–Crippen MR) is 70.4 cm³/mol. The molecule has 2 nitrogen and oxygen atoms in total. The Hall–Kier alpha value is -1.80. The number of anilines is 1. The van der Waals surface area contributed by atoms with E-state index in [1.807, 2.05) is 42.5 Å². The number of nitrogens with one attached hydrogen (secondary N) is 1. The number of alkyl halides is 1. The highest BCUT2D eigenvalue weighted by Crippen LogP contribution is 2.13. The zero-order valence-corrected chi connectivity index (χ0v) is 9.95. The molecule has 0 spiro atoms. The highest BCUT2D eigenvalue weighted by molar-refractivity contribution is 6.17. The molecule has 0 fully saturated rings. The molecule has 3 heteroatoms. The van der Waals surface area contributed by atoms with Crippen LogP contribution < -0.4 is 5.32 Å². The number of carbonyl (C=O) groups is 1. The molecule has 0 bridgehead atoms. The van der Waals surface area contributed by atoms with Gasteiger partial charge in [0.05, 0.1) is 0 Å². The molecule has 0 radical (unpaired) electrons. The van der Waals surface area contributed by atoms with Crippen molar-refractivity contribution in [1.29, 1.82) is 0 Å². The van der Waals surface area contributed by atoms with Gasteiger partial charge in [0.15, 0.2) is 0 Å². The van der Waals surface area contributed by atoms with Gasteiger partial charge < -0.3 is 5.32 Å². The van der Waals surface area contributed by atoms with Crippen LogP contribution >= 0.6 is 11.6 Å². The fraction of sp³-hybridized carbons (Fsp3) is 0.0714. The molecule has 0 unspecified atom stereocenters. The average Bonchev–Trinajstić information content (AvgIpc) is 2.40. The SMILES string of the molecule is O=C(Nc1cccc(CCl)c1)c1ccccc1. The molecule has 0 aliphatic heterocycles. The molecule has 1 amide bonds. The normalized spacial score (nSPS) is 9.94. The summed E-state index contributed by atoms with van der Waals surface area (Å²) in [5.74, 6) is 0.326. The Kier molecular flexibility index (Phi) is 3.78. The monoisotopic (exact) mass is 245 g/mol. The van der Waals surface area contributed by atoms with Gasteiger partial charge in [-0.05, 0) is 29.8 Å². The Labute approximate surface area is 105 Å². The van der Waals surface area contributed by atoms with E-state index in [2.05, 4.69) is 5.32 Å². The van der Waals surface area contributed by atoms with Crippen LogP contribution in [0.3, 0.4) is 0 Å². The molecule has 0 aliphatic carbocycles. The molecule has 2 aromatic rings. The van der Waals surface area contributed by atoms with Crippen molar-refractivity contribution in [2.24, 2.45) is 0 Å². The lowest BCUT2D eigenvalue weighted by atomic mass is 10.2. The molecule has 0 aliphatic rings. The summed E-state index contributed by atoms with van der Waals surface area (Å²) in [6.45, 7) is 0. The average molecular weight is 246 g/mol. The third kappa shape index (κ3) is 3.08. The highest BCUT2D eigenvalue weighted by Gasteiger charge is 2.04. The van der Waals surface area contributed by atoms with Crippen molar-refractivity contribution in [2.45, 2.75) is 5.88 Å². The number of hydrogen-bond donors (Lipinski definition) is 1. The van der Waals surface area contributed by atoms with E-state index in [1.165, 1.54) is 0 Å². The maximum absolute atomic E-state index is 11.9. The Morgan fingerprint density at radius 2 is 1.82 bits per heavy atom. The van der Waals surface area contributed by atoms with Gasteiger partial charge in [0, 0.05) is 17.1 Å². The summed E-state index contributed by atoms with van der Waals surface area (Å²) in [5, 5.41) is 2.84. The van der Waals surface area contributed by atoms with Crippen molar-refractivity contribution in [3.05, 3.63) is 65.7 Å². The topological polar surface area (TPSA) is 29.1 Å². The lowest BCUT2D eigenvalue weighted by molar-refractivity contribution is 0.102. The molecule has 0 saturated heterocycles. The summed E-state index contributed by atoms with van der Waals surface area (Å²) >= 11 is 5.74. The summed E-state index contributed by atoms with van der Waals surface area (Å²) in [5.41, 5.74) is 2.39. The summed E-state index contributed by atoms with van der Waals surface area (Å²) < 4.78 is 0. The second-order valence-electron chi connectivity index (χ2n) is 3.65. The summed E-state index contributed by atoms with van der Waals surface area (Å²) in [4.78, 5) is 11.9. The highest BCUT2D eigenvalue weighted by atomic mass is 35.5. The first-order valence-electron chi connectivity index (χ1n) is 5.31. The van der Waals surface area contributed by atoms with E-state index in [1.54, 1.807) is 12.1 Å². The molecule has 86 valence electrons. The standard InChI is InChI=1S/C14H12ClNO/c15-10-11-5-4-8-13(9-11)16-14(17)12-6-2-1-3-7-12/h1-9H,10H2,(H,16,17). The number of halogens is 1. The van der Waals surface area contributed by atoms with Gasteiger partial charge in [0.2, 0.25) is 0 Å². The van der Waals surface area contributed by atoms with Gasteiger partial charge in [-0.3, -0.25) is 4.79 Å². The molecule has 1 N–H and O–H groups in total. The van der Waals surface area contributed by atoms with Crippen molar-refractivity contribution in [2.75, 3.05) is 5.32 Å². The van der Waals surface area contributed by atoms with E-state index in [0.29, 0.717) is 11.4 Å². The fourth-order valence-electron chi connectivity index (χ4n) is 1.52. The lowest BCUT2D eigenvalue weighted by Gasteiger charge is -2.06. The minimum atomic E-state index is -0.114. The van der Waals surface area contributed by atoms with Gasteiger partial charge in [0.1, 0.15) is 0 Å². The first kappa shape index (κ1) is 11.7.